The molecule has 0 saturated carbocycles. The molecule has 5 nitrogen and oxygen atoms in total. The van der Waals surface area contributed by atoms with E-state index in [0.717, 1.165) is 0 Å². The second-order valence-electron chi connectivity index (χ2n) is 4.57. The molecule has 0 saturated heterocycles. The van der Waals surface area contributed by atoms with Crippen molar-refractivity contribution in [2.45, 2.75) is 0 Å². The third-order valence-corrected chi connectivity index (χ3v) is 3.89. The summed E-state index contributed by atoms with van der Waals surface area (Å²) in [6, 6.07) is 9.40. The number of hydrogen-bond acceptors (Lipinski definition) is 4. The fourth-order valence-electron chi connectivity index (χ4n) is 1.89. The Morgan fingerprint density at radius 1 is 1.17 bits per heavy atom. The summed E-state index contributed by atoms with van der Waals surface area (Å²) in [7, 11) is 1.54. The van der Waals surface area contributed by atoms with Gasteiger partial charge < -0.3 is 15.2 Å². The molecule has 0 aliphatic carbocycles. The number of carbonyl (C=O) groups is 2. The number of methoxy groups -OCH3 is 1. The summed E-state index contributed by atoms with van der Waals surface area (Å²) >= 11 is 9.13. The molecule has 2 N–H and O–H groups in total. The number of nitrogens with two attached hydrogens (primary N) is 1. The highest BCUT2D eigenvalue weighted by Gasteiger charge is 2.14. The van der Waals surface area contributed by atoms with Crippen molar-refractivity contribution >= 4 is 39.2 Å². The van der Waals surface area contributed by atoms with Gasteiger partial charge in [0.15, 0.2) is 12.4 Å². The number of carbonyl (C=O) groups excluding carboxylic acids is 2. The molecule has 0 aromatic heterocycles. The largest absolute Gasteiger partial charge is 0.496 e. The Balaban J connectivity index is 2.13. The van der Waals surface area contributed by atoms with E-state index in [1.807, 2.05) is 0 Å². The van der Waals surface area contributed by atoms with Crippen LogP contribution in [0.1, 0.15) is 20.7 Å². The number of benzene rings is 2. The first-order chi connectivity index (χ1) is 10.9. The summed E-state index contributed by atoms with van der Waals surface area (Å²) in [5, 5.41) is 0.358. The molecule has 0 heterocycles. The summed E-state index contributed by atoms with van der Waals surface area (Å²) in [6.07, 6.45) is 0. The average molecular weight is 399 g/mol. The van der Waals surface area contributed by atoms with E-state index in [1.54, 1.807) is 24.3 Å². The summed E-state index contributed by atoms with van der Waals surface area (Å²) < 4.78 is 11.2. The zero-order chi connectivity index (χ0) is 17.0. The van der Waals surface area contributed by atoms with Gasteiger partial charge in [-0.1, -0.05) is 11.6 Å². The van der Waals surface area contributed by atoms with E-state index in [-0.39, 0.29) is 23.7 Å². The third kappa shape index (κ3) is 4.24. The van der Waals surface area contributed by atoms with Gasteiger partial charge in [0.05, 0.1) is 17.1 Å². The van der Waals surface area contributed by atoms with Crippen LogP contribution < -0.4 is 15.2 Å². The van der Waals surface area contributed by atoms with Crippen LogP contribution in [0.2, 0.25) is 5.02 Å². The van der Waals surface area contributed by atoms with E-state index < -0.39 is 5.91 Å². The van der Waals surface area contributed by atoms with Crippen LogP contribution in [0.25, 0.3) is 0 Å². The first-order valence-corrected chi connectivity index (χ1v) is 7.68. The Kier molecular flexibility index (Phi) is 5.63. The predicted octanol–water partition coefficient (Wildman–Crippen LogP) is 3.47. The van der Waals surface area contributed by atoms with Crippen molar-refractivity contribution in [1.82, 2.24) is 0 Å². The Labute approximate surface area is 146 Å². The van der Waals surface area contributed by atoms with Crippen molar-refractivity contribution in [1.29, 1.82) is 0 Å². The molecular formula is C16H13BrClNO4. The molecule has 120 valence electrons. The summed E-state index contributed by atoms with van der Waals surface area (Å²) in [4.78, 5) is 23.6. The van der Waals surface area contributed by atoms with Crippen LogP contribution in [-0.4, -0.2) is 25.4 Å². The van der Waals surface area contributed by atoms with E-state index in [9.17, 15) is 9.59 Å². The van der Waals surface area contributed by atoms with Crippen LogP contribution in [0.4, 0.5) is 0 Å². The van der Waals surface area contributed by atoms with Crippen molar-refractivity contribution in [3.63, 3.8) is 0 Å². The number of Topliss-reactive ketones (excluding diaryl/α,β-unsaturated/α-hetero) is 1. The van der Waals surface area contributed by atoms with Gasteiger partial charge in [-0.3, -0.25) is 9.59 Å². The minimum Gasteiger partial charge on any atom is -0.496 e. The fraction of sp³-hybridized carbons (Fsp3) is 0.125. The standard InChI is InChI=1S/C16H13BrClNO4/c1-22-15-4-2-9(6-12(15)17)13(20)8-23-14-5-3-10(18)7-11(14)16(19)21/h2-7H,8H2,1H3,(H2,19,21). The first kappa shape index (κ1) is 17.3. The summed E-state index contributed by atoms with van der Waals surface area (Å²) in [5.74, 6) is -0.0973. The molecular weight excluding hydrogens is 386 g/mol. The minimum absolute atomic E-state index is 0.126. The van der Waals surface area contributed by atoms with Crippen molar-refractivity contribution in [2.24, 2.45) is 5.73 Å². The van der Waals surface area contributed by atoms with Gasteiger partial charge in [0.2, 0.25) is 0 Å². The zero-order valence-electron chi connectivity index (χ0n) is 12.1. The van der Waals surface area contributed by atoms with Crippen LogP contribution in [0, 0.1) is 0 Å². The molecule has 0 fully saturated rings. The maximum atomic E-state index is 12.2. The maximum absolute atomic E-state index is 12.2. The van der Waals surface area contributed by atoms with Crippen molar-refractivity contribution in [3.05, 3.63) is 57.0 Å². The first-order valence-electron chi connectivity index (χ1n) is 6.51. The molecule has 0 atom stereocenters. The van der Waals surface area contributed by atoms with Crippen molar-refractivity contribution in [2.75, 3.05) is 13.7 Å². The Morgan fingerprint density at radius 3 is 2.48 bits per heavy atom. The normalized spacial score (nSPS) is 10.2. The lowest BCUT2D eigenvalue weighted by molar-refractivity contribution is 0.0912. The van der Waals surface area contributed by atoms with E-state index in [4.69, 9.17) is 26.8 Å². The number of ketones is 1. The number of rotatable bonds is 6. The molecule has 0 spiro atoms. The van der Waals surface area contributed by atoms with Gasteiger partial charge in [0.1, 0.15) is 11.5 Å². The molecule has 0 radical (unpaired) electrons. The van der Waals surface area contributed by atoms with Gasteiger partial charge in [0.25, 0.3) is 5.91 Å². The smallest absolute Gasteiger partial charge is 0.252 e. The average Bonchev–Trinajstić information content (AvgIpc) is 2.53. The van der Waals surface area contributed by atoms with Gasteiger partial charge in [0, 0.05) is 10.6 Å². The van der Waals surface area contributed by atoms with Gasteiger partial charge >= 0.3 is 0 Å². The summed E-state index contributed by atoms with van der Waals surface area (Å²) in [5.41, 5.74) is 5.85. The molecule has 0 unspecified atom stereocenters. The molecule has 0 aliphatic heterocycles. The van der Waals surface area contributed by atoms with Crippen LogP contribution in [0.3, 0.4) is 0 Å². The zero-order valence-corrected chi connectivity index (χ0v) is 14.5. The monoisotopic (exact) mass is 397 g/mol. The molecule has 2 aromatic carbocycles. The highest BCUT2D eigenvalue weighted by Crippen LogP contribution is 2.26. The lowest BCUT2D eigenvalue weighted by Gasteiger charge is -2.10. The van der Waals surface area contributed by atoms with Crippen LogP contribution in [-0.2, 0) is 0 Å². The van der Waals surface area contributed by atoms with E-state index >= 15 is 0 Å². The Bertz CT molecular complexity index is 764. The number of ether oxygens (including phenoxy) is 2. The van der Waals surface area contributed by atoms with Crippen molar-refractivity contribution in [3.8, 4) is 11.5 Å². The molecule has 2 rings (SSSR count). The lowest BCUT2D eigenvalue weighted by Crippen LogP contribution is -2.16. The molecule has 0 bridgehead atoms. The Hall–Kier alpha value is -2.05. The second kappa shape index (κ2) is 7.48. The van der Waals surface area contributed by atoms with E-state index in [0.29, 0.717) is 20.8 Å². The molecule has 7 heteroatoms. The minimum atomic E-state index is -0.679. The van der Waals surface area contributed by atoms with Crippen LogP contribution in [0.5, 0.6) is 11.5 Å². The van der Waals surface area contributed by atoms with Crippen LogP contribution >= 0.6 is 27.5 Å². The third-order valence-electron chi connectivity index (χ3n) is 3.04. The molecule has 2 aromatic rings. The molecule has 0 aliphatic rings. The van der Waals surface area contributed by atoms with Gasteiger partial charge in [-0.05, 0) is 52.3 Å². The number of primary amides is 1. The SMILES string of the molecule is COc1ccc(C(=O)COc2ccc(Cl)cc2C(N)=O)cc1Br. The molecule has 1 amide bonds. The number of amides is 1. The van der Waals surface area contributed by atoms with Crippen molar-refractivity contribution < 1.29 is 19.1 Å². The van der Waals surface area contributed by atoms with Gasteiger partial charge in [-0.15, -0.1) is 0 Å². The maximum Gasteiger partial charge on any atom is 0.252 e. The summed E-state index contributed by atoms with van der Waals surface area (Å²) in [6.45, 7) is -0.235. The lowest BCUT2D eigenvalue weighted by atomic mass is 10.1. The predicted molar refractivity (Wildman–Crippen MR) is 90.5 cm³/mol. The fourth-order valence-corrected chi connectivity index (χ4v) is 2.60. The van der Waals surface area contributed by atoms with Gasteiger partial charge in [-0.2, -0.15) is 0 Å². The molecule has 23 heavy (non-hydrogen) atoms. The second-order valence-corrected chi connectivity index (χ2v) is 5.86. The van der Waals surface area contributed by atoms with Crippen LogP contribution in [0.15, 0.2) is 40.9 Å². The number of halogens is 2. The highest BCUT2D eigenvalue weighted by molar-refractivity contribution is 9.10. The Morgan fingerprint density at radius 2 is 1.87 bits per heavy atom. The van der Waals surface area contributed by atoms with E-state index in [2.05, 4.69) is 15.9 Å². The highest BCUT2D eigenvalue weighted by atomic mass is 79.9. The van der Waals surface area contributed by atoms with E-state index in [1.165, 1.54) is 19.2 Å². The topological polar surface area (TPSA) is 78.6 Å². The number of hydrogen-bond donors (Lipinski definition) is 1. The van der Waals surface area contributed by atoms with Gasteiger partial charge in [-0.25, -0.2) is 0 Å². The quantitative estimate of drug-likeness (QED) is 0.756.